The van der Waals surface area contributed by atoms with Crippen LogP contribution in [0.1, 0.15) is 126 Å². The number of hydrogen-bond donors (Lipinski definition) is 0. The Labute approximate surface area is 196 Å². The van der Waals surface area contributed by atoms with Crippen LogP contribution in [0.3, 0.4) is 0 Å². The number of ketones is 1. The minimum atomic E-state index is 0.169. The van der Waals surface area contributed by atoms with Crippen LogP contribution in [0.25, 0.3) is 0 Å². The second-order valence-electron chi connectivity index (χ2n) is 9.22. The molecule has 0 amide bonds. The minimum absolute atomic E-state index is 0.169. The van der Waals surface area contributed by atoms with Crippen molar-refractivity contribution >= 4 is 5.78 Å². The number of carbonyl (C=O) groups excluding carboxylic acids is 1. The number of hydrogen-bond acceptors (Lipinski definition) is 2. The fourth-order valence-corrected chi connectivity index (χ4v) is 4.25. The van der Waals surface area contributed by atoms with Gasteiger partial charge in [0.25, 0.3) is 0 Å². The van der Waals surface area contributed by atoms with Crippen molar-refractivity contribution < 1.29 is 9.36 Å². The fourth-order valence-electron chi connectivity index (χ4n) is 4.25. The van der Waals surface area contributed by atoms with Crippen molar-refractivity contribution in [2.24, 2.45) is 0 Å². The Hall–Kier alpha value is -2.03. The summed E-state index contributed by atoms with van der Waals surface area (Å²) in [5.74, 6) is 0.169. The van der Waals surface area contributed by atoms with Crippen molar-refractivity contribution in [3.05, 3.63) is 60.2 Å². The van der Waals surface area contributed by atoms with Crippen LogP contribution in [-0.4, -0.2) is 10.8 Å². The number of unbranched alkanes of at least 4 members (excludes halogenated alkanes) is 14. The van der Waals surface area contributed by atoms with Gasteiger partial charge in [-0.3, -0.25) is 4.79 Å². The lowest BCUT2D eigenvalue weighted by molar-refractivity contribution is -0.689. The highest BCUT2D eigenvalue weighted by molar-refractivity contribution is 5.93. The summed E-state index contributed by atoms with van der Waals surface area (Å²) in [5.41, 5.74) is 1.82. The van der Waals surface area contributed by atoms with E-state index in [1.807, 2.05) is 35.2 Å². The van der Waals surface area contributed by atoms with Crippen LogP contribution in [0.4, 0.5) is 0 Å². The van der Waals surface area contributed by atoms with E-state index >= 15 is 0 Å². The van der Waals surface area contributed by atoms with Crippen LogP contribution in [-0.2, 0) is 6.54 Å². The number of Topliss-reactive ketones (excluding diaryl/α,β-unsaturated/α-hetero) is 1. The van der Waals surface area contributed by atoms with E-state index in [-0.39, 0.29) is 5.78 Å². The first-order valence-corrected chi connectivity index (χ1v) is 13.2. The van der Waals surface area contributed by atoms with Crippen molar-refractivity contribution in [1.29, 1.82) is 0 Å². The van der Waals surface area contributed by atoms with Crippen LogP contribution >= 0.6 is 0 Å². The monoisotopic (exact) mass is 437 g/mol. The Bertz CT molecular complexity index is 729. The highest BCUT2D eigenvalue weighted by atomic mass is 16.1. The van der Waals surface area contributed by atoms with E-state index < -0.39 is 0 Å². The van der Waals surface area contributed by atoms with Crippen molar-refractivity contribution in [3.8, 4) is 0 Å². The van der Waals surface area contributed by atoms with Gasteiger partial charge in [-0.05, 0) is 6.42 Å². The second-order valence-corrected chi connectivity index (χ2v) is 9.22. The van der Waals surface area contributed by atoms with Crippen molar-refractivity contribution in [3.63, 3.8) is 0 Å². The van der Waals surface area contributed by atoms with Gasteiger partial charge in [0.05, 0.1) is 6.20 Å². The van der Waals surface area contributed by atoms with E-state index in [0.717, 1.165) is 19.4 Å². The van der Waals surface area contributed by atoms with E-state index in [1.165, 1.54) is 89.0 Å². The lowest BCUT2D eigenvalue weighted by Gasteiger charge is -2.03. The number of carbonyl (C=O) groups is 1. The molecule has 1 heterocycles. The molecule has 0 aliphatic carbocycles. The highest BCUT2D eigenvalue weighted by Crippen LogP contribution is 2.14. The maximum atomic E-state index is 12.5. The average Bonchev–Trinajstić information content (AvgIpc) is 2.82. The number of rotatable bonds is 19. The van der Waals surface area contributed by atoms with Gasteiger partial charge in [0.15, 0.2) is 30.4 Å². The van der Waals surface area contributed by atoms with Gasteiger partial charge in [-0.1, -0.05) is 127 Å². The average molecular weight is 438 g/mol. The first kappa shape index (κ1) is 26.2. The molecule has 0 fully saturated rings. The van der Waals surface area contributed by atoms with Gasteiger partial charge in [-0.25, -0.2) is 4.98 Å². The van der Waals surface area contributed by atoms with E-state index in [0.29, 0.717) is 12.1 Å². The van der Waals surface area contributed by atoms with E-state index in [1.54, 1.807) is 6.20 Å². The number of benzene rings is 1. The van der Waals surface area contributed by atoms with Gasteiger partial charge in [0.1, 0.15) is 0 Å². The zero-order valence-corrected chi connectivity index (χ0v) is 20.4. The SMILES string of the molecule is CCCCCCCCCCCCCCCCCC(=O)c1c[n+](Cc2ccccc2)ccn1. The Morgan fingerprint density at radius 3 is 1.84 bits per heavy atom. The quantitative estimate of drug-likeness (QED) is 0.127. The van der Waals surface area contributed by atoms with E-state index in [9.17, 15) is 4.79 Å². The van der Waals surface area contributed by atoms with E-state index in [2.05, 4.69) is 24.0 Å². The molecule has 3 heteroatoms. The lowest BCUT2D eigenvalue weighted by atomic mass is 10.0. The molecule has 1 aromatic carbocycles. The van der Waals surface area contributed by atoms with Gasteiger partial charge >= 0.3 is 0 Å². The zero-order valence-electron chi connectivity index (χ0n) is 20.4. The first-order chi connectivity index (χ1) is 15.8. The third kappa shape index (κ3) is 12.1. The summed E-state index contributed by atoms with van der Waals surface area (Å²) >= 11 is 0. The summed E-state index contributed by atoms with van der Waals surface area (Å²) in [6, 6.07) is 10.3. The smallest absolute Gasteiger partial charge is 0.198 e. The highest BCUT2D eigenvalue weighted by Gasteiger charge is 2.12. The summed E-state index contributed by atoms with van der Waals surface area (Å²) in [7, 11) is 0. The maximum absolute atomic E-state index is 12.5. The third-order valence-electron chi connectivity index (χ3n) is 6.26. The predicted octanol–water partition coefficient (Wildman–Crippen LogP) is 7.86. The molecule has 0 unspecified atom stereocenters. The molecule has 3 nitrogen and oxygen atoms in total. The Morgan fingerprint density at radius 1 is 0.750 bits per heavy atom. The third-order valence-corrected chi connectivity index (χ3v) is 6.26. The van der Waals surface area contributed by atoms with Gasteiger partial charge < -0.3 is 0 Å². The van der Waals surface area contributed by atoms with Gasteiger partial charge in [0, 0.05) is 12.0 Å². The molecule has 0 radical (unpaired) electrons. The molecular weight excluding hydrogens is 392 g/mol. The van der Waals surface area contributed by atoms with Crippen molar-refractivity contribution in [1.82, 2.24) is 4.98 Å². The molecular formula is C29H45N2O+. The Kier molecular flexibility index (Phi) is 14.4. The summed E-state index contributed by atoms with van der Waals surface area (Å²) < 4.78 is 2.04. The normalized spacial score (nSPS) is 11.0. The summed E-state index contributed by atoms with van der Waals surface area (Å²) in [6.07, 6.45) is 26.3. The second kappa shape index (κ2) is 17.5. The molecule has 176 valence electrons. The summed E-state index contributed by atoms with van der Waals surface area (Å²) in [6.45, 7) is 3.05. The molecule has 1 aromatic heterocycles. The molecule has 0 saturated heterocycles. The maximum Gasteiger partial charge on any atom is 0.198 e. The Balaban J connectivity index is 1.46. The number of nitrogens with zero attached hydrogens (tertiary/aromatic N) is 2. The first-order valence-electron chi connectivity index (χ1n) is 13.2. The molecule has 2 aromatic rings. The predicted molar refractivity (Wildman–Crippen MR) is 134 cm³/mol. The lowest BCUT2D eigenvalue weighted by Crippen LogP contribution is -2.35. The summed E-state index contributed by atoms with van der Waals surface area (Å²) in [4.78, 5) is 16.8. The van der Waals surface area contributed by atoms with Crippen molar-refractivity contribution in [2.45, 2.75) is 116 Å². The molecule has 0 bridgehead atoms. The van der Waals surface area contributed by atoms with Gasteiger partial charge in [0.2, 0.25) is 0 Å². The van der Waals surface area contributed by atoms with Crippen LogP contribution < -0.4 is 4.57 Å². The zero-order chi connectivity index (χ0) is 22.7. The standard InChI is InChI=1S/C29H45N2O/c1-2-3-4-5-6-7-8-9-10-11-12-13-14-15-19-22-29(32)28-26-31(24-23-30-28)25-27-20-17-16-18-21-27/h16-18,20-21,23-24,26H,2-15,19,22,25H2,1H3/q+1. The van der Waals surface area contributed by atoms with Crippen LogP contribution in [0, 0.1) is 0 Å². The molecule has 0 aliphatic heterocycles. The van der Waals surface area contributed by atoms with Crippen molar-refractivity contribution in [2.75, 3.05) is 0 Å². The van der Waals surface area contributed by atoms with Gasteiger partial charge in [-0.15, -0.1) is 0 Å². The van der Waals surface area contributed by atoms with Gasteiger partial charge in [-0.2, -0.15) is 4.57 Å². The molecule has 2 rings (SSSR count). The molecule has 0 saturated carbocycles. The fraction of sp³-hybridized carbons (Fsp3) is 0.621. The minimum Gasteiger partial charge on any atom is -0.292 e. The van der Waals surface area contributed by atoms with Crippen LogP contribution in [0.5, 0.6) is 0 Å². The topological polar surface area (TPSA) is 33.8 Å². The van der Waals surface area contributed by atoms with Crippen LogP contribution in [0.2, 0.25) is 0 Å². The molecule has 0 spiro atoms. The largest absolute Gasteiger partial charge is 0.292 e. The molecule has 32 heavy (non-hydrogen) atoms. The van der Waals surface area contributed by atoms with E-state index in [4.69, 9.17) is 0 Å². The summed E-state index contributed by atoms with van der Waals surface area (Å²) in [5, 5.41) is 0. The van der Waals surface area contributed by atoms with Crippen LogP contribution in [0.15, 0.2) is 48.9 Å². The molecule has 0 N–H and O–H groups in total. The molecule has 0 aliphatic rings. The number of aromatic nitrogens is 2. The Morgan fingerprint density at radius 2 is 1.28 bits per heavy atom. The molecule has 0 atom stereocenters.